The Morgan fingerprint density at radius 3 is 2.59 bits per heavy atom. The zero-order valence-corrected chi connectivity index (χ0v) is 17.9. The molecule has 1 N–H and O–H groups in total. The van der Waals surface area contributed by atoms with Crippen molar-refractivity contribution in [2.75, 3.05) is 4.90 Å². The average molecular weight is 394 g/mol. The van der Waals surface area contributed by atoms with Gasteiger partial charge in [0.25, 0.3) is 5.91 Å². The lowest BCUT2D eigenvalue weighted by Gasteiger charge is -2.46. The van der Waals surface area contributed by atoms with Gasteiger partial charge in [0.05, 0.1) is 11.8 Å². The molecule has 0 radical (unpaired) electrons. The molecule has 1 heterocycles. The molecule has 0 saturated heterocycles. The highest BCUT2D eigenvalue weighted by Gasteiger charge is 2.33. The maximum atomic E-state index is 13.3. The lowest BCUT2D eigenvalue weighted by Crippen LogP contribution is -2.49. The molecule has 152 valence electrons. The third-order valence-electron chi connectivity index (χ3n) is 5.23. The van der Waals surface area contributed by atoms with E-state index >= 15 is 0 Å². The Bertz CT molecular complexity index is 1010. The van der Waals surface area contributed by atoms with E-state index in [4.69, 9.17) is 0 Å². The van der Waals surface area contributed by atoms with Gasteiger partial charge in [-0.2, -0.15) is 5.10 Å². The van der Waals surface area contributed by atoms with E-state index in [0.29, 0.717) is 6.04 Å². The first-order valence-corrected chi connectivity index (χ1v) is 9.83. The molecule has 0 aromatic heterocycles. The molecule has 5 heteroatoms. The molecule has 0 spiro atoms. The van der Waals surface area contributed by atoms with E-state index in [1.807, 2.05) is 6.92 Å². The maximum Gasteiger partial charge on any atom is 0.271 e. The van der Waals surface area contributed by atoms with E-state index in [2.05, 4.69) is 68.3 Å². The Hall–Kier alpha value is -2.95. The molecule has 1 aliphatic heterocycles. The molecule has 4 nitrogen and oxygen atoms in total. The number of aryl methyl sites for hydroxylation is 1. The van der Waals surface area contributed by atoms with Crippen LogP contribution in [0.4, 0.5) is 10.1 Å². The molecule has 1 aliphatic rings. The molecule has 1 amide bonds. The van der Waals surface area contributed by atoms with Gasteiger partial charge in [0.1, 0.15) is 5.82 Å². The maximum absolute atomic E-state index is 13.3. The van der Waals surface area contributed by atoms with Crippen LogP contribution in [-0.4, -0.2) is 23.7 Å². The summed E-state index contributed by atoms with van der Waals surface area (Å²) in [6, 6.07) is 10.2. The number of hydrazone groups is 1. The number of halogens is 1. The van der Waals surface area contributed by atoms with Crippen LogP contribution in [0.1, 0.15) is 61.7 Å². The average Bonchev–Trinajstić information content (AvgIpc) is 2.61. The Kier molecular flexibility index (Phi) is 5.60. The minimum atomic E-state index is -0.452. The summed E-state index contributed by atoms with van der Waals surface area (Å²) in [6.07, 6.45) is 3.93. The molecular weight excluding hydrogens is 365 g/mol. The van der Waals surface area contributed by atoms with Crippen LogP contribution in [0.15, 0.2) is 47.6 Å². The van der Waals surface area contributed by atoms with Crippen LogP contribution in [0.25, 0.3) is 5.57 Å². The van der Waals surface area contributed by atoms with Gasteiger partial charge in [0, 0.05) is 22.9 Å². The summed E-state index contributed by atoms with van der Waals surface area (Å²) in [5.41, 5.74) is 8.25. The highest BCUT2D eigenvalue weighted by Crippen LogP contribution is 2.41. The molecule has 0 fully saturated rings. The van der Waals surface area contributed by atoms with Crippen LogP contribution >= 0.6 is 0 Å². The molecule has 29 heavy (non-hydrogen) atoms. The quantitative estimate of drug-likeness (QED) is 0.565. The lowest BCUT2D eigenvalue weighted by molar-refractivity contribution is 0.0954. The third-order valence-corrected chi connectivity index (χ3v) is 5.23. The largest absolute Gasteiger partial charge is 0.360 e. The van der Waals surface area contributed by atoms with Crippen LogP contribution in [-0.2, 0) is 0 Å². The Balaban J connectivity index is 1.88. The molecule has 3 rings (SSSR count). The van der Waals surface area contributed by atoms with Crippen molar-refractivity contribution in [3.63, 3.8) is 0 Å². The van der Waals surface area contributed by atoms with Crippen molar-refractivity contribution in [1.29, 1.82) is 0 Å². The Morgan fingerprint density at radius 1 is 1.21 bits per heavy atom. The van der Waals surface area contributed by atoms with Gasteiger partial charge in [-0.05, 0) is 88.6 Å². The van der Waals surface area contributed by atoms with E-state index in [9.17, 15) is 9.18 Å². The number of amides is 1. The molecule has 0 unspecified atom stereocenters. The van der Waals surface area contributed by atoms with Gasteiger partial charge in [-0.25, -0.2) is 9.82 Å². The molecule has 0 bridgehead atoms. The third kappa shape index (κ3) is 4.24. The topological polar surface area (TPSA) is 44.7 Å². The van der Waals surface area contributed by atoms with Crippen LogP contribution < -0.4 is 10.3 Å². The SMILES string of the molecule is CC1=CC(C)(C)N(C(C)C)c2cc(C)c(/C=N/NC(=O)c3cccc(F)c3)cc21. The Morgan fingerprint density at radius 2 is 1.93 bits per heavy atom. The van der Waals surface area contributed by atoms with Crippen LogP contribution in [0, 0.1) is 12.7 Å². The highest BCUT2D eigenvalue weighted by molar-refractivity contribution is 5.95. The van der Waals surface area contributed by atoms with Gasteiger partial charge in [0.2, 0.25) is 0 Å². The van der Waals surface area contributed by atoms with Gasteiger partial charge in [-0.15, -0.1) is 0 Å². The number of anilines is 1. The normalized spacial score (nSPS) is 15.4. The first-order valence-electron chi connectivity index (χ1n) is 9.83. The molecule has 2 aromatic carbocycles. The number of fused-ring (bicyclic) bond motifs is 1. The molecule has 0 atom stereocenters. The van der Waals surface area contributed by atoms with Crippen LogP contribution in [0.3, 0.4) is 0 Å². The highest BCUT2D eigenvalue weighted by atomic mass is 19.1. The first kappa shape index (κ1) is 20.8. The predicted octanol–water partition coefficient (Wildman–Crippen LogP) is 5.31. The minimum absolute atomic E-state index is 0.0633. The fraction of sp³-hybridized carbons (Fsp3) is 0.333. The number of rotatable bonds is 4. The monoisotopic (exact) mass is 393 g/mol. The smallest absolute Gasteiger partial charge is 0.271 e. The standard InChI is InChI=1S/C24H28FN3O/c1-15(2)28-22-10-16(3)19(12-21(22)17(4)13-24(28,5)6)14-26-27-23(29)18-8-7-9-20(25)11-18/h7-15H,1-6H3,(H,27,29)/b26-14+. The lowest BCUT2D eigenvalue weighted by atomic mass is 9.86. The van der Waals surface area contributed by atoms with Crippen molar-refractivity contribution in [2.45, 2.75) is 53.1 Å². The predicted molar refractivity (Wildman–Crippen MR) is 118 cm³/mol. The van der Waals surface area contributed by atoms with Crippen molar-refractivity contribution in [2.24, 2.45) is 5.10 Å². The minimum Gasteiger partial charge on any atom is -0.360 e. The number of benzene rings is 2. The second-order valence-electron chi connectivity index (χ2n) is 8.38. The van der Waals surface area contributed by atoms with E-state index in [0.717, 1.165) is 11.1 Å². The summed E-state index contributed by atoms with van der Waals surface area (Å²) in [7, 11) is 0. The fourth-order valence-electron chi connectivity index (χ4n) is 4.15. The van der Waals surface area contributed by atoms with Crippen molar-refractivity contribution in [3.05, 3.63) is 70.5 Å². The zero-order chi connectivity index (χ0) is 21.3. The summed E-state index contributed by atoms with van der Waals surface area (Å²) in [4.78, 5) is 14.6. The number of nitrogens with zero attached hydrogens (tertiary/aromatic N) is 2. The first-order chi connectivity index (χ1) is 13.6. The fourth-order valence-corrected chi connectivity index (χ4v) is 4.15. The van der Waals surface area contributed by atoms with Crippen molar-refractivity contribution < 1.29 is 9.18 Å². The van der Waals surface area contributed by atoms with Gasteiger partial charge in [0.15, 0.2) is 0 Å². The summed E-state index contributed by atoms with van der Waals surface area (Å²) in [5.74, 6) is -0.896. The van der Waals surface area contributed by atoms with Crippen molar-refractivity contribution >= 4 is 23.4 Å². The number of hydrogen-bond donors (Lipinski definition) is 1. The van der Waals surface area contributed by atoms with E-state index in [1.54, 1.807) is 12.3 Å². The van der Waals surface area contributed by atoms with E-state index in [-0.39, 0.29) is 11.1 Å². The van der Waals surface area contributed by atoms with Gasteiger partial charge in [-0.3, -0.25) is 4.79 Å². The second kappa shape index (κ2) is 7.82. The number of nitrogens with one attached hydrogen (secondary N) is 1. The zero-order valence-electron chi connectivity index (χ0n) is 17.9. The number of carbonyl (C=O) groups excluding carboxylic acids is 1. The van der Waals surface area contributed by atoms with E-state index < -0.39 is 11.7 Å². The Labute approximate surface area is 172 Å². The number of hydrogen-bond acceptors (Lipinski definition) is 3. The second-order valence-corrected chi connectivity index (χ2v) is 8.38. The molecular formula is C24H28FN3O. The molecule has 2 aromatic rings. The number of allylic oxidation sites excluding steroid dienone is 1. The van der Waals surface area contributed by atoms with Gasteiger partial charge < -0.3 is 4.90 Å². The summed E-state index contributed by atoms with van der Waals surface area (Å²) in [5, 5.41) is 4.09. The van der Waals surface area contributed by atoms with Crippen molar-refractivity contribution in [3.8, 4) is 0 Å². The van der Waals surface area contributed by atoms with E-state index in [1.165, 1.54) is 35.0 Å². The van der Waals surface area contributed by atoms with Gasteiger partial charge >= 0.3 is 0 Å². The van der Waals surface area contributed by atoms with Crippen LogP contribution in [0.5, 0.6) is 0 Å². The molecule has 0 aliphatic carbocycles. The summed E-state index contributed by atoms with van der Waals surface area (Å²) < 4.78 is 13.3. The van der Waals surface area contributed by atoms with Crippen LogP contribution in [0.2, 0.25) is 0 Å². The van der Waals surface area contributed by atoms with Gasteiger partial charge in [-0.1, -0.05) is 12.1 Å². The molecule has 0 saturated carbocycles. The summed E-state index contributed by atoms with van der Waals surface area (Å²) >= 11 is 0. The van der Waals surface area contributed by atoms with Crippen molar-refractivity contribution in [1.82, 2.24) is 5.43 Å². The summed E-state index contributed by atoms with van der Waals surface area (Å²) in [6.45, 7) is 13.0. The number of carbonyl (C=O) groups is 1.